The molecule has 4 nitrogen and oxygen atoms in total. The van der Waals surface area contributed by atoms with E-state index in [2.05, 4.69) is 10.6 Å². The van der Waals surface area contributed by atoms with Crippen molar-refractivity contribution in [1.82, 2.24) is 5.32 Å². The van der Waals surface area contributed by atoms with Gasteiger partial charge in [-0.1, -0.05) is 12.1 Å². The Morgan fingerprint density at radius 2 is 1.94 bits per heavy atom. The Morgan fingerprint density at radius 1 is 1.29 bits per heavy atom. The van der Waals surface area contributed by atoms with E-state index in [0.29, 0.717) is 5.56 Å². The zero-order valence-electron chi connectivity index (χ0n) is 10.5. The van der Waals surface area contributed by atoms with Crippen LogP contribution in [0.5, 0.6) is 0 Å². The zero-order chi connectivity index (χ0) is 12.8. The van der Waals surface area contributed by atoms with Crippen molar-refractivity contribution in [2.24, 2.45) is 0 Å². The minimum absolute atomic E-state index is 0.172. The lowest BCUT2D eigenvalue weighted by Gasteiger charge is -2.15. The molecular weight excluding hydrogens is 216 g/mol. The van der Waals surface area contributed by atoms with Gasteiger partial charge in [-0.15, -0.1) is 0 Å². The highest BCUT2D eigenvalue weighted by molar-refractivity contribution is 5.99. The highest BCUT2D eigenvalue weighted by Gasteiger charge is 2.11. The minimum Gasteiger partial charge on any atom is -0.392 e. The summed E-state index contributed by atoms with van der Waals surface area (Å²) in [7, 11) is 0. The Morgan fingerprint density at radius 3 is 2.53 bits per heavy atom. The summed E-state index contributed by atoms with van der Waals surface area (Å²) >= 11 is 0. The van der Waals surface area contributed by atoms with Gasteiger partial charge < -0.3 is 15.7 Å². The SMILES string of the molecule is CC(C)Nc1ccccc1C(=O)NC[C@@H](C)O. The number of para-hydroxylation sites is 1. The number of amides is 1. The lowest BCUT2D eigenvalue weighted by atomic mass is 10.1. The summed E-state index contributed by atoms with van der Waals surface area (Å²) in [5.41, 5.74) is 1.41. The van der Waals surface area contributed by atoms with E-state index >= 15 is 0 Å². The molecule has 1 aromatic carbocycles. The maximum absolute atomic E-state index is 11.9. The van der Waals surface area contributed by atoms with E-state index in [9.17, 15) is 4.79 Å². The van der Waals surface area contributed by atoms with Gasteiger partial charge in [-0.05, 0) is 32.9 Å². The molecule has 94 valence electrons. The molecule has 0 aliphatic rings. The first-order valence-corrected chi connectivity index (χ1v) is 5.82. The summed E-state index contributed by atoms with van der Waals surface area (Å²) in [5.74, 6) is -0.172. The Kier molecular flexibility index (Phi) is 4.97. The third-order valence-corrected chi connectivity index (χ3v) is 2.17. The number of aliphatic hydroxyl groups is 1. The molecule has 0 bridgehead atoms. The van der Waals surface area contributed by atoms with Crippen molar-refractivity contribution in [2.45, 2.75) is 32.9 Å². The molecular formula is C13H20N2O2. The zero-order valence-corrected chi connectivity index (χ0v) is 10.5. The molecule has 0 saturated carbocycles. The number of carbonyl (C=O) groups excluding carboxylic acids is 1. The number of benzene rings is 1. The summed E-state index contributed by atoms with van der Waals surface area (Å²) in [6, 6.07) is 7.61. The Hall–Kier alpha value is -1.55. The highest BCUT2D eigenvalue weighted by atomic mass is 16.3. The average Bonchev–Trinajstić information content (AvgIpc) is 2.25. The van der Waals surface area contributed by atoms with Gasteiger partial charge in [-0.3, -0.25) is 4.79 Å². The highest BCUT2D eigenvalue weighted by Crippen LogP contribution is 2.15. The number of carbonyl (C=O) groups is 1. The van der Waals surface area contributed by atoms with Crippen molar-refractivity contribution >= 4 is 11.6 Å². The third-order valence-electron chi connectivity index (χ3n) is 2.17. The monoisotopic (exact) mass is 236 g/mol. The lowest BCUT2D eigenvalue weighted by molar-refractivity contribution is 0.0925. The van der Waals surface area contributed by atoms with Crippen LogP contribution in [0, 0.1) is 0 Å². The van der Waals surface area contributed by atoms with Gasteiger partial charge in [0.1, 0.15) is 0 Å². The first-order chi connectivity index (χ1) is 8.00. The van der Waals surface area contributed by atoms with Crippen LogP contribution in [-0.4, -0.2) is 29.7 Å². The Labute approximate surface area is 102 Å². The van der Waals surface area contributed by atoms with Crippen LogP contribution in [0.2, 0.25) is 0 Å². The van der Waals surface area contributed by atoms with Gasteiger partial charge in [0.2, 0.25) is 0 Å². The van der Waals surface area contributed by atoms with Crippen molar-refractivity contribution in [1.29, 1.82) is 0 Å². The summed E-state index contributed by atoms with van der Waals surface area (Å²) in [6.45, 7) is 5.93. The predicted molar refractivity (Wildman–Crippen MR) is 69.2 cm³/mol. The topological polar surface area (TPSA) is 61.4 Å². The molecule has 0 fully saturated rings. The predicted octanol–water partition coefficient (Wildman–Crippen LogP) is 1.62. The summed E-state index contributed by atoms with van der Waals surface area (Å²) in [6.07, 6.45) is -0.538. The lowest BCUT2D eigenvalue weighted by Crippen LogP contribution is -2.31. The quantitative estimate of drug-likeness (QED) is 0.728. The maximum atomic E-state index is 11.9. The second-order valence-corrected chi connectivity index (χ2v) is 4.40. The van der Waals surface area contributed by atoms with Crippen LogP contribution in [0.1, 0.15) is 31.1 Å². The van der Waals surface area contributed by atoms with E-state index in [1.165, 1.54) is 0 Å². The van der Waals surface area contributed by atoms with Crippen molar-refractivity contribution in [3.63, 3.8) is 0 Å². The van der Waals surface area contributed by atoms with E-state index < -0.39 is 6.10 Å². The number of nitrogens with one attached hydrogen (secondary N) is 2. The Balaban J connectivity index is 2.78. The molecule has 0 aliphatic carbocycles. The van der Waals surface area contributed by atoms with Crippen LogP contribution in [0.3, 0.4) is 0 Å². The molecule has 0 aliphatic heterocycles. The van der Waals surface area contributed by atoms with E-state index in [-0.39, 0.29) is 18.5 Å². The van der Waals surface area contributed by atoms with Crippen molar-refractivity contribution in [3.8, 4) is 0 Å². The van der Waals surface area contributed by atoms with Crippen LogP contribution in [-0.2, 0) is 0 Å². The molecule has 1 atom stereocenters. The van der Waals surface area contributed by atoms with Crippen LogP contribution in [0.15, 0.2) is 24.3 Å². The minimum atomic E-state index is -0.538. The molecule has 0 unspecified atom stereocenters. The molecule has 0 saturated heterocycles. The van der Waals surface area contributed by atoms with Gasteiger partial charge in [-0.2, -0.15) is 0 Å². The van der Waals surface area contributed by atoms with Gasteiger partial charge in [-0.25, -0.2) is 0 Å². The fourth-order valence-corrected chi connectivity index (χ4v) is 1.45. The molecule has 0 heterocycles. The first kappa shape index (κ1) is 13.5. The molecule has 0 radical (unpaired) electrons. The second kappa shape index (κ2) is 6.25. The maximum Gasteiger partial charge on any atom is 0.253 e. The van der Waals surface area contributed by atoms with Gasteiger partial charge in [0.05, 0.1) is 11.7 Å². The molecule has 17 heavy (non-hydrogen) atoms. The molecule has 1 rings (SSSR count). The van der Waals surface area contributed by atoms with E-state index in [1.54, 1.807) is 13.0 Å². The fraction of sp³-hybridized carbons (Fsp3) is 0.462. The molecule has 0 aromatic heterocycles. The van der Waals surface area contributed by atoms with Crippen LogP contribution >= 0.6 is 0 Å². The van der Waals surface area contributed by atoms with Crippen molar-refractivity contribution < 1.29 is 9.90 Å². The summed E-state index contributed by atoms with van der Waals surface area (Å²) in [5, 5.41) is 15.0. The standard InChI is InChI=1S/C13H20N2O2/c1-9(2)15-12-7-5-4-6-11(12)13(17)14-8-10(3)16/h4-7,9-10,15-16H,8H2,1-3H3,(H,14,17)/t10-/m1/s1. The fourth-order valence-electron chi connectivity index (χ4n) is 1.45. The number of hydrogen-bond acceptors (Lipinski definition) is 3. The first-order valence-electron chi connectivity index (χ1n) is 5.82. The largest absolute Gasteiger partial charge is 0.392 e. The van der Waals surface area contributed by atoms with E-state index in [0.717, 1.165) is 5.69 Å². The summed E-state index contributed by atoms with van der Waals surface area (Å²) < 4.78 is 0. The van der Waals surface area contributed by atoms with Crippen molar-refractivity contribution in [3.05, 3.63) is 29.8 Å². The van der Waals surface area contributed by atoms with Gasteiger partial charge in [0.25, 0.3) is 5.91 Å². The molecule has 4 heteroatoms. The van der Waals surface area contributed by atoms with Crippen molar-refractivity contribution in [2.75, 3.05) is 11.9 Å². The van der Waals surface area contributed by atoms with Crippen LogP contribution in [0.4, 0.5) is 5.69 Å². The normalized spacial score (nSPS) is 12.3. The van der Waals surface area contributed by atoms with Crippen LogP contribution in [0.25, 0.3) is 0 Å². The number of hydrogen-bond donors (Lipinski definition) is 3. The molecule has 1 amide bonds. The van der Waals surface area contributed by atoms with Crippen LogP contribution < -0.4 is 10.6 Å². The van der Waals surface area contributed by atoms with Gasteiger partial charge in [0.15, 0.2) is 0 Å². The smallest absolute Gasteiger partial charge is 0.253 e. The molecule has 0 spiro atoms. The van der Waals surface area contributed by atoms with Gasteiger partial charge in [0, 0.05) is 18.3 Å². The second-order valence-electron chi connectivity index (χ2n) is 4.40. The Bertz CT molecular complexity index is 375. The van der Waals surface area contributed by atoms with E-state index in [1.807, 2.05) is 32.0 Å². The molecule has 1 aromatic rings. The van der Waals surface area contributed by atoms with Gasteiger partial charge >= 0.3 is 0 Å². The molecule has 3 N–H and O–H groups in total. The number of rotatable bonds is 5. The number of anilines is 1. The van der Waals surface area contributed by atoms with E-state index in [4.69, 9.17) is 5.11 Å². The summed E-state index contributed by atoms with van der Waals surface area (Å²) in [4.78, 5) is 11.9. The average molecular weight is 236 g/mol. The number of aliphatic hydroxyl groups excluding tert-OH is 1. The third kappa shape index (κ3) is 4.44.